The number of hydrogen-bond acceptors (Lipinski definition) is 8. The van der Waals surface area contributed by atoms with Gasteiger partial charge in [-0.1, -0.05) is 25.1 Å². The number of carbonyl (C=O) groups is 1. The fraction of sp³-hybridized carbons (Fsp3) is 0.586. The second-order valence-electron chi connectivity index (χ2n) is 10.4. The quantitative estimate of drug-likeness (QED) is 0.186. The van der Waals surface area contributed by atoms with Gasteiger partial charge in [0.15, 0.2) is 6.23 Å². The van der Waals surface area contributed by atoms with Crippen LogP contribution in [0.15, 0.2) is 41.3 Å². The zero-order valence-corrected chi connectivity index (χ0v) is 25.8. The maximum atomic E-state index is 13.2. The number of carbonyl (C=O) groups excluding carboxylic acids is 1. The van der Waals surface area contributed by atoms with Crippen molar-refractivity contribution in [3.8, 4) is 0 Å². The Hall–Kier alpha value is -2.71. The van der Waals surface area contributed by atoms with Crippen LogP contribution in [0.25, 0.3) is 4.85 Å². The van der Waals surface area contributed by atoms with E-state index in [0.29, 0.717) is 17.7 Å². The van der Waals surface area contributed by atoms with Gasteiger partial charge in [0.2, 0.25) is 6.54 Å². The molecule has 2 heterocycles. The Labute approximate surface area is 243 Å². The van der Waals surface area contributed by atoms with Crippen LogP contribution in [0.5, 0.6) is 0 Å². The first-order valence-corrected chi connectivity index (χ1v) is 15.1. The number of aryl methyl sites for hydroxylation is 1. The van der Waals surface area contributed by atoms with E-state index in [1.807, 2.05) is 19.9 Å². The molecule has 1 aromatic carbocycles. The van der Waals surface area contributed by atoms with Crippen molar-refractivity contribution in [3.63, 3.8) is 0 Å². The smallest absolute Gasteiger partial charge is 0.351 e. The van der Waals surface area contributed by atoms with E-state index in [1.54, 1.807) is 37.4 Å². The molecule has 0 aliphatic carbocycles. The van der Waals surface area contributed by atoms with Gasteiger partial charge in [0.1, 0.15) is 18.5 Å². The minimum absolute atomic E-state index is 0.101. The first-order chi connectivity index (χ1) is 19.6. The van der Waals surface area contributed by atoms with Gasteiger partial charge in [0.05, 0.1) is 12.7 Å². The third-order valence-corrected chi connectivity index (χ3v) is 8.81. The van der Waals surface area contributed by atoms with Gasteiger partial charge in [-0.3, -0.25) is 9.36 Å². The summed E-state index contributed by atoms with van der Waals surface area (Å²) in [6, 6.07) is 9.10. The van der Waals surface area contributed by atoms with Crippen LogP contribution in [-0.4, -0.2) is 70.8 Å². The molecule has 12 heteroatoms. The fourth-order valence-corrected chi connectivity index (χ4v) is 6.39. The Morgan fingerprint density at radius 1 is 1.22 bits per heavy atom. The standard InChI is InChI=1S/C29H42N5O6P/c1-9-37-25-22(7)24(18-39-41(38-16-15-30-8)34(19(2)3)20(4)5)40-28(25)33-17-21(6)26(32-29(33)36)31-27(35)23-13-11-10-12-14-23/h10-14,17,19-20,22,24-25,28H,9,15-16,18H2,1-7H3,(H,31,32,35,36)/t22-,24-,25-,28-,41?/m1/s1. The van der Waals surface area contributed by atoms with E-state index < -0.39 is 26.5 Å². The Balaban J connectivity index is 1.80. The minimum atomic E-state index is -1.44. The average Bonchev–Trinajstić information content (AvgIpc) is 3.24. The van der Waals surface area contributed by atoms with Crippen molar-refractivity contribution in [1.82, 2.24) is 14.2 Å². The van der Waals surface area contributed by atoms with Crippen LogP contribution in [0.2, 0.25) is 0 Å². The number of benzene rings is 1. The van der Waals surface area contributed by atoms with E-state index >= 15 is 0 Å². The molecule has 224 valence electrons. The van der Waals surface area contributed by atoms with Crippen LogP contribution >= 0.6 is 8.53 Å². The number of anilines is 1. The Morgan fingerprint density at radius 3 is 2.51 bits per heavy atom. The van der Waals surface area contributed by atoms with Crippen molar-refractivity contribution >= 4 is 20.3 Å². The number of hydrogen-bond donors (Lipinski definition) is 1. The van der Waals surface area contributed by atoms with Crippen LogP contribution in [0.1, 0.15) is 63.7 Å². The van der Waals surface area contributed by atoms with Gasteiger partial charge in [-0.05, 0) is 53.7 Å². The number of nitrogens with one attached hydrogen (secondary N) is 1. The summed E-state index contributed by atoms with van der Waals surface area (Å²) in [7, 11) is -1.44. The van der Waals surface area contributed by atoms with Crippen molar-refractivity contribution in [2.24, 2.45) is 5.92 Å². The Morgan fingerprint density at radius 2 is 1.90 bits per heavy atom. The molecule has 0 bridgehead atoms. The molecule has 5 atom stereocenters. The molecular formula is C29H42N5O6P. The van der Waals surface area contributed by atoms with Gasteiger partial charge in [0.25, 0.3) is 14.4 Å². The zero-order valence-electron chi connectivity index (χ0n) is 24.9. The van der Waals surface area contributed by atoms with Gasteiger partial charge in [-0.2, -0.15) is 4.98 Å². The van der Waals surface area contributed by atoms with Gasteiger partial charge >= 0.3 is 5.69 Å². The lowest BCUT2D eigenvalue weighted by molar-refractivity contribution is -0.0698. The SMILES string of the molecule is [C-]#[N+]CCOP(OC[C@H]1O[C@@H](n2cc(C)c(NC(=O)c3ccccc3)nc2=O)[C@H](OCC)[C@@H]1C)N(C(C)C)C(C)C. The van der Waals surface area contributed by atoms with E-state index in [4.69, 9.17) is 25.1 Å². The molecule has 0 spiro atoms. The molecule has 2 aromatic rings. The number of nitrogens with zero attached hydrogens (tertiary/aromatic N) is 4. The highest BCUT2D eigenvalue weighted by Gasteiger charge is 2.45. The summed E-state index contributed by atoms with van der Waals surface area (Å²) >= 11 is 0. The topological polar surface area (TPSA) is 109 Å². The van der Waals surface area contributed by atoms with E-state index in [1.165, 1.54) is 4.57 Å². The van der Waals surface area contributed by atoms with Crippen molar-refractivity contribution in [1.29, 1.82) is 0 Å². The summed E-state index contributed by atoms with van der Waals surface area (Å²) in [5.74, 6) is -0.250. The van der Waals surface area contributed by atoms with Gasteiger partial charge < -0.3 is 28.7 Å². The van der Waals surface area contributed by atoms with Crippen LogP contribution in [0, 0.1) is 19.4 Å². The molecule has 0 saturated carbocycles. The summed E-state index contributed by atoms with van der Waals surface area (Å²) < 4.78 is 28.4. The number of aromatic nitrogens is 2. The molecule has 0 radical (unpaired) electrons. The summed E-state index contributed by atoms with van der Waals surface area (Å²) in [4.78, 5) is 33.4. The zero-order chi connectivity index (χ0) is 30.1. The predicted molar refractivity (Wildman–Crippen MR) is 159 cm³/mol. The molecule has 1 unspecified atom stereocenters. The molecule has 1 aliphatic rings. The van der Waals surface area contributed by atoms with Crippen LogP contribution in [0.4, 0.5) is 5.82 Å². The first kappa shape index (κ1) is 32.8. The molecule has 1 aliphatic heterocycles. The molecular weight excluding hydrogens is 545 g/mol. The van der Waals surface area contributed by atoms with Crippen molar-refractivity contribution in [2.45, 2.75) is 79.0 Å². The minimum Gasteiger partial charge on any atom is -0.373 e. The van der Waals surface area contributed by atoms with Gasteiger partial charge in [-0.15, -0.1) is 0 Å². The van der Waals surface area contributed by atoms with Crippen LogP contribution in [-0.2, 0) is 18.5 Å². The highest BCUT2D eigenvalue weighted by molar-refractivity contribution is 7.44. The lowest BCUT2D eigenvalue weighted by Gasteiger charge is -2.36. The monoisotopic (exact) mass is 587 g/mol. The van der Waals surface area contributed by atoms with Gasteiger partial charge in [-0.25, -0.2) is 16.0 Å². The van der Waals surface area contributed by atoms with Crippen molar-refractivity contribution in [2.75, 3.05) is 31.7 Å². The molecule has 1 N–H and O–H groups in total. The van der Waals surface area contributed by atoms with E-state index in [2.05, 4.69) is 47.5 Å². The summed E-state index contributed by atoms with van der Waals surface area (Å²) in [6.07, 6.45) is 0.119. The predicted octanol–water partition coefficient (Wildman–Crippen LogP) is 5.04. The molecule has 1 fully saturated rings. The number of ether oxygens (including phenoxy) is 2. The maximum Gasteiger partial charge on any atom is 0.351 e. The Bertz CT molecular complexity index is 1230. The largest absolute Gasteiger partial charge is 0.373 e. The molecule has 1 aromatic heterocycles. The summed E-state index contributed by atoms with van der Waals surface area (Å²) in [6.45, 7) is 22.3. The third-order valence-electron chi connectivity index (χ3n) is 6.74. The molecule has 1 amide bonds. The normalized spacial score (nSPS) is 21.4. The lowest BCUT2D eigenvalue weighted by atomic mass is 10.0. The molecule has 3 rings (SSSR count). The first-order valence-electron chi connectivity index (χ1n) is 14.0. The highest BCUT2D eigenvalue weighted by atomic mass is 31.2. The lowest BCUT2D eigenvalue weighted by Crippen LogP contribution is -2.35. The highest BCUT2D eigenvalue weighted by Crippen LogP contribution is 2.47. The van der Waals surface area contributed by atoms with Crippen LogP contribution < -0.4 is 11.0 Å². The summed E-state index contributed by atoms with van der Waals surface area (Å²) in [5, 5.41) is 2.73. The molecule has 41 heavy (non-hydrogen) atoms. The van der Waals surface area contributed by atoms with Crippen LogP contribution in [0.3, 0.4) is 0 Å². The molecule has 11 nitrogen and oxygen atoms in total. The maximum absolute atomic E-state index is 13.2. The third kappa shape index (κ3) is 8.41. The van der Waals surface area contributed by atoms with Crippen molar-refractivity contribution in [3.05, 3.63) is 69.6 Å². The second-order valence-corrected chi connectivity index (χ2v) is 11.9. The average molecular weight is 588 g/mol. The molecule has 1 saturated heterocycles. The van der Waals surface area contributed by atoms with E-state index in [9.17, 15) is 9.59 Å². The Kier molecular flexibility index (Phi) is 12.4. The number of rotatable bonds is 14. The summed E-state index contributed by atoms with van der Waals surface area (Å²) in [5.41, 5.74) is 0.524. The number of amides is 1. The van der Waals surface area contributed by atoms with Gasteiger partial charge in [0, 0.05) is 41.9 Å². The van der Waals surface area contributed by atoms with E-state index in [0.717, 1.165) is 0 Å². The second kappa shape index (κ2) is 15.5. The van der Waals surface area contributed by atoms with Crippen molar-refractivity contribution < 1.29 is 23.3 Å². The fourth-order valence-electron chi connectivity index (χ4n) is 4.78. The van der Waals surface area contributed by atoms with E-state index in [-0.39, 0.29) is 55.6 Å².